The molecule has 2 aromatic rings. The van der Waals surface area contributed by atoms with Crippen molar-refractivity contribution < 1.29 is 38.2 Å². The second kappa shape index (κ2) is 9.98. The Hall–Kier alpha value is -4.54. The molecule has 2 N–H and O–H groups in total. The van der Waals surface area contributed by atoms with E-state index in [-0.39, 0.29) is 29.9 Å². The summed E-state index contributed by atoms with van der Waals surface area (Å²) < 4.78 is 10.9. The van der Waals surface area contributed by atoms with Crippen LogP contribution in [-0.4, -0.2) is 59.1 Å². The molecule has 1 unspecified atom stereocenters. The predicted octanol–water partition coefficient (Wildman–Crippen LogP) is 0.716. The fourth-order valence-electron chi connectivity index (χ4n) is 4.16. The molecule has 1 saturated heterocycles. The van der Waals surface area contributed by atoms with E-state index in [2.05, 4.69) is 10.6 Å². The summed E-state index contributed by atoms with van der Waals surface area (Å²) in [6.45, 7) is 1.48. The molecule has 2 aromatic carbocycles. The molecular weight excluding hydrogens is 470 g/mol. The van der Waals surface area contributed by atoms with Crippen molar-refractivity contribution in [3.05, 3.63) is 65.2 Å². The lowest BCUT2D eigenvalue weighted by atomic mass is 9.86. The molecule has 186 valence electrons. The number of imide groups is 2. The van der Waals surface area contributed by atoms with Crippen molar-refractivity contribution in [1.82, 2.24) is 15.5 Å². The number of esters is 1. The third-order valence-electron chi connectivity index (χ3n) is 5.88. The van der Waals surface area contributed by atoms with Gasteiger partial charge in [-0.15, -0.1) is 0 Å². The van der Waals surface area contributed by atoms with Crippen LogP contribution in [0.3, 0.4) is 0 Å². The Morgan fingerprint density at radius 3 is 2.47 bits per heavy atom. The van der Waals surface area contributed by atoms with E-state index in [9.17, 15) is 28.8 Å². The Bertz CT molecular complexity index is 1260. The average Bonchev–Trinajstić information content (AvgIpc) is 3.13. The van der Waals surface area contributed by atoms with Gasteiger partial charge in [0, 0.05) is 13.0 Å². The first-order valence-corrected chi connectivity index (χ1v) is 11.3. The second-order valence-corrected chi connectivity index (χ2v) is 8.17. The van der Waals surface area contributed by atoms with E-state index >= 15 is 0 Å². The highest BCUT2D eigenvalue weighted by Crippen LogP contribution is 2.39. The largest absolute Gasteiger partial charge is 0.483 e. The Balaban J connectivity index is 1.68. The van der Waals surface area contributed by atoms with Crippen molar-refractivity contribution in [2.75, 3.05) is 13.2 Å². The van der Waals surface area contributed by atoms with Gasteiger partial charge >= 0.3 is 5.97 Å². The smallest absolute Gasteiger partial charge is 0.342 e. The van der Waals surface area contributed by atoms with Crippen LogP contribution in [0.5, 0.6) is 5.75 Å². The van der Waals surface area contributed by atoms with Gasteiger partial charge < -0.3 is 14.8 Å². The Labute approximate surface area is 205 Å². The van der Waals surface area contributed by atoms with Crippen molar-refractivity contribution >= 4 is 35.5 Å². The topological polar surface area (TPSA) is 148 Å². The molecule has 4 rings (SSSR count). The van der Waals surface area contributed by atoms with Gasteiger partial charge in [0.25, 0.3) is 23.6 Å². The molecule has 0 aromatic heterocycles. The maximum absolute atomic E-state index is 13.6. The third-order valence-corrected chi connectivity index (χ3v) is 5.88. The van der Waals surface area contributed by atoms with Crippen LogP contribution in [0.15, 0.2) is 48.5 Å². The fraction of sp³-hybridized carbons (Fsp3) is 0.280. The zero-order valence-electron chi connectivity index (χ0n) is 19.4. The van der Waals surface area contributed by atoms with E-state index in [1.807, 2.05) is 0 Å². The van der Waals surface area contributed by atoms with E-state index in [0.717, 1.165) is 0 Å². The summed E-state index contributed by atoms with van der Waals surface area (Å²) in [6, 6.07) is 12.8. The van der Waals surface area contributed by atoms with E-state index in [1.165, 1.54) is 18.2 Å². The van der Waals surface area contributed by atoms with Gasteiger partial charge in [0.15, 0.2) is 6.61 Å². The minimum atomic E-state index is -2.40. The molecule has 0 radical (unpaired) electrons. The molecule has 11 heteroatoms. The van der Waals surface area contributed by atoms with Crippen LogP contribution in [0.25, 0.3) is 0 Å². The first kappa shape index (κ1) is 24.6. The number of carbonyl (C=O) groups is 6. The highest BCUT2D eigenvalue weighted by Gasteiger charge is 2.62. The molecule has 5 amide bonds. The molecular formula is C25H23N3O8. The quantitative estimate of drug-likeness (QED) is 0.310. The number of hydrogen-bond acceptors (Lipinski definition) is 8. The van der Waals surface area contributed by atoms with Crippen molar-refractivity contribution in [1.29, 1.82) is 0 Å². The summed E-state index contributed by atoms with van der Waals surface area (Å²) in [6.07, 6.45) is -0.730. The Kier molecular flexibility index (Phi) is 6.82. The van der Waals surface area contributed by atoms with Crippen LogP contribution in [0.4, 0.5) is 0 Å². The van der Waals surface area contributed by atoms with Gasteiger partial charge in [-0.3, -0.25) is 29.3 Å². The zero-order chi connectivity index (χ0) is 25.9. The molecule has 2 aliphatic rings. The SMILES string of the molecule is CCNC(=O)COc1cccc2c1C(=O)N(C1(C(=O)OCc3ccccc3)CCC(=O)NC1=O)C2=O. The Morgan fingerprint density at radius 1 is 1.03 bits per heavy atom. The molecule has 2 aliphatic heterocycles. The summed E-state index contributed by atoms with van der Waals surface area (Å²) in [5.41, 5.74) is -2.07. The number of hydrogen-bond donors (Lipinski definition) is 2. The lowest BCUT2D eigenvalue weighted by Crippen LogP contribution is -2.68. The number of benzene rings is 2. The standard InChI is InChI=1S/C25H23N3O8/c1-2-26-19(30)14-35-17-10-6-9-16-20(17)22(32)28(21(16)31)25(12-11-18(29)27-23(25)33)24(34)36-13-15-7-4-3-5-8-15/h3-10H,2,11-14H2,1H3,(H,26,30)(H,27,29,33). The van der Waals surface area contributed by atoms with Gasteiger partial charge in [-0.1, -0.05) is 36.4 Å². The highest BCUT2D eigenvalue weighted by atomic mass is 16.5. The van der Waals surface area contributed by atoms with Gasteiger partial charge in [-0.25, -0.2) is 9.69 Å². The van der Waals surface area contributed by atoms with Crippen LogP contribution in [0.1, 0.15) is 46.0 Å². The lowest BCUT2D eigenvalue weighted by Gasteiger charge is -2.38. The first-order chi connectivity index (χ1) is 17.3. The summed E-state index contributed by atoms with van der Waals surface area (Å²) in [4.78, 5) is 77.7. The number of carbonyl (C=O) groups excluding carboxylic acids is 6. The lowest BCUT2D eigenvalue weighted by molar-refractivity contribution is -0.165. The number of likely N-dealkylation sites (N-methyl/N-ethyl adjacent to an activating group) is 1. The summed E-state index contributed by atoms with van der Waals surface area (Å²) in [7, 11) is 0. The molecule has 1 atom stereocenters. The maximum Gasteiger partial charge on any atom is 0.342 e. The van der Waals surface area contributed by atoms with Gasteiger partial charge in [0.05, 0.1) is 11.1 Å². The van der Waals surface area contributed by atoms with Gasteiger partial charge in [-0.05, 0) is 31.0 Å². The van der Waals surface area contributed by atoms with Crippen LogP contribution in [0, 0.1) is 0 Å². The van der Waals surface area contributed by atoms with Crippen molar-refractivity contribution in [2.45, 2.75) is 31.9 Å². The number of ether oxygens (including phenoxy) is 2. The summed E-state index contributed by atoms with van der Waals surface area (Å²) in [5, 5.41) is 4.60. The molecule has 0 saturated carbocycles. The molecule has 36 heavy (non-hydrogen) atoms. The molecule has 0 aliphatic carbocycles. The number of nitrogens with zero attached hydrogens (tertiary/aromatic N) is 1. The molecule has 0 bridgehead atoms. The molecule has 2 heterocycles. The van der Waals surface area contributed by atoms with Crippen molar-refractivity contribution in [2.24, 2.45) is 0 Å². The van der Waals surface area contributed by atoms with Crippen LogP contribution >= 0.6 is 0 Å². The minimum Gasteiger partial charge on any atom is -0.483 e. The van der Waals surface area contributed by atoms with Gasteiger partial charge in [-0.2, -0.15) is 0 Å². The molecule has 11 nitrogen and oxygen atoms in total. The predicted molar refractivity (Wildman–Crippen MR) is 122 cm³/mol. The number of nitrogens with one attached hydrogen (secondary N) is 2. The van der Waals surface area contributed by atoms with Gasteiger partial charge in [0.1, 0.15) is 12.4 Å². The molecule has 1 fully saturated rings. The van der Waals surface area contributed by atoms with Crippen LogP contribution in [-0.2, 0) is 30.5 Å². The number of piperidine rings is 1. The number of amides is 5. The first-order valence-electron chi connectivity index (χ1n) is 11.3. The van der Waals surface area contributed by atoms with Gasteiger partial charge in [0.2, 0.25) is 11.4 Å². The number of rotatable bonds is 8. The zero-order valence-corrected chi connectivity index (χ0v) is 19.4. The highest BCUT2D eigenvalue weighted by molar-refractivity contribution is 6.29. The monoisotopic (exact) mass is 493 g/mol. The minimum absolute atomic E-state index is 0.0558. The van der Waals surface area contributed by atoms with E-state index in [1.54, 1.807) is 37.3 Å². The maximum atomic E-state index is 13.6. The van der Waals surface area contributed by atoms with E-state index in [4.69, 9.17) is 9.47 Å². The summed E-state index contributed by atoms with van der Waals surface area (Å²) >= 11 is 0. The second-order valence-electron chi connectivity index (χ2n) is 8.17. The normalized spacial score (nSPS) is 19.0. The molecule has 0 spiro atoms. The van der Waals surface area contributed by atoms with Crippen LogP contribution in [0.2, 0.25) is 0 Å². The van der Waals surface area contributed by atoms with E-state index in [0.29, 0.717) is 17.0 Å². The average molecular weight is 493 g/mol. The Morgan fingerprint density at radius 2 is 1.78 bits per heavy atom. The van der Waals surface area contributed by atoms with Crippen molar-refractivity contribution in [3.8, 4) is 5.75 Å². The fourth-order valence-corrected chi connectivity index (χ4v) is 4.16. The summed E-state index contributed by atoms with van der Waals surface area (Å²) in [5.74, 6) is -5.29. The van der Waals surface area contributed by atoms with E-state index < -0.39 is 54.1 Å². The van der Waals surface area contributed by atoms with Crippen LogP contribution < -0.4 is 15.4 Å². The third kappa shape index (κ3) is 4.30. The number of fused-ring (bicyclic) bond motifs is 1. The van der Waals surface area contributed by atoms with Crippen molar-refractivity contribution in [3.63, 3.8) is 0 Å².